The Balaban J connectivity index is 1.76. The average Bonchev–Trinajstić information content (AvgIpc) is 2.99. The van der Waals surface area contributed by atoms with Gasteiger partial charge in [0.05, 0.1) is 0 Å². The minimum absolute atomic E-state index is 0.323. The molecular weight excluding hydrogens is 282 g/mol. The van der Waals surface area contributed by atoms with Gasteiger partial charge in [-0.05, 0) is 37.0 Å². The fourth-order valence-corrected chi connectivity index (χ4v) is 2.85. The van der Waals surface area contributed by atoms with Crippen LogP contribution in [0.1, 0.15) is 17.4 Å². The van der Waals surface area contributed by atoms with Crippen LogP contribution in [-0.2, 0) is 6.54 Å². The lowest BCUT2D eigenvalue weighted by atomic mass is 10.2. The van der Waals surface area contributed by atoms with E-state index >= 15 is 0 Å². The van der Waals surface area contributed by atoms with Gasteiger partial charge in [0.2, 0.25) is 0 Å². The number of aliphatic hydroxyl groups is 1. The molecule has 2 rings (SSSR count). The van der Waals surface area contributed by atoms with Crippen molar-refractivity contribution in [1.29, 1.82) is 0 Å². The predicted octanol–water partition coefficient (Wildman–Crippen LogP) is 3.32. The highest BCUT2D eigenvalue weighted by Gasteiger charge is 2.12. The van der Waals surface area contributed by atoms with Crippen LogP contribution in [0, 0.1) is 6.92 Å². The highest BCUT2D eigenvalue weighted by molar-refractivity contribution is 7.09. The summed E-state index contributed by atoms with van der Waals surface area (Å²) in [4.78, 5) is 3.55. The first-order valence-corrected chi connectivity index (χ1v) is 8.17. The summed E-state index contributed by atoms with van der Waals surface area (Å²) in [7, 11) is 0. The lowest BCUT2D eigenvalue weighted by Crippen LogP contribution is -2.35. The largest absolute Gasteiger partial charge is 0.491 e. The molecule has 1 aromatic heterocycles. The van der Waals surface area contributed by atoms with Crippen LogP contribution in [0.2, 0.25) is 0 Å². The second kappa shape index (κ2) is 8.17. The number of thiophene rings is 1. The lowest BCUT2D eigenvalue weighted by molar-refractivity contribution is 0.0678. The van der Waals surface area contributed by atoms with E-state index in [0.29, 0.717) is 13.2 Å². The van der Waals surface area contributed by atoms with Gasteiger partial charge in [0, 0.05) is 18.0 Å². The third-order valence-electron chi connectivity index (χ3n) is 3.34. The van der Waals surface area contributed by atoms with E-state index in [1.54, 1.807) is 11.3 Å². The molecule has 1 aromatic carbocycles. The summed E-state index contributed by atoms with van der Waals surface area (Å²) in [5, 5.41) is 12.2. The molecule has 0 aliphatic carbocycles. The standard InChI is InChI=1S/C17H23NO2S/c1-3-18(12-17-5-4-10-21-17)11-15(19)13-20-16-8-6-14(2)7-9-16/h4-10,15,19H,3,11-13H2,1-2H3. The maximum absolute atomic E-state index is 10.1. The Hall–Kier alpha value is -1.36. The summed E-state index contributed by atoms with van der Waals surface area (Å²) in [6.07, 6.45) is -0.480. The number of hydrogen-bond donors (Lipinski definition) is 1. The van der Waals surface area contributed by atoms with Gasteiger partial charge in [-0.25, -0.2) is 0 Å². The lowest BCUT2D eigenvalue weighted by Gasteiger charge is -2.23. The predicted molar refractivity (Wildman–Crippen MR) is 88.0 cm³/mol. The van der Waals surface area contributed by atoms with Gasteiger partial charge in [0.1, 0.15) is 18.5 Å². The Labute approximate surface area is 130 Å². The van der Waals surface area contributed by atoms with Crippen LogP contribution in [0.5, 0.6) is 5.75 Å². The van der Waals surface area contributed by atoms with E-state index in [2.05, 4.69) is 29.3 Å². The van der Waals surface area contributed by atoms with Crippen LogP contribution in [-0.4, -0.2) is 35.8 Å². The van der Waals surface area contributed by atoms with E-state index in [-0.39, 0.29) is 0 Å². The number of likely N-dealkylation sites (N-methyl/N-ethyl adjacent to an activating group) is 1. The van der Waals surface area contributed by atoms with Crippen LogP contribution in [0.15, 0.2) is 41.8 Å². The average molecular weight is 305 g/mol. The third kappa shape index (κ3) is 5.50. The topological polar surface area (TPSA) is 32.7 Å². The van der Waals surface area contributed by atoms with Crippen molar-refractivity contribution in [2.75, 3.05) is 19.7 Å². The zero-order valence-electron chi connectivity index (χ0n) is 12.7. The van der Waals surface area contributed by atoms with Crippen molar-refractivity contribution < 1.29 is 9.84 Å². The quantitative estimate of drug-likeness (QED) is 0.812. The molecule has 0 bridgehead atoms. The van der Waals surface area contributed by atoms with E-state index < -0.39 is 6.10 Å². The fraction of sp³-hybridized carbons (Fsp3) is 0.412. The van der Waals surface area contributed by atoms with Gasteiger partial charge in [-0.15, -0.1) is 11.3 Å². The summed E-state index contributed by atoms with van der Waals surface area (Å²) < 4.78 is 5.63. The van der Waals surface area contributed by atoms with Crippen molar-refractivity contribution in [3.8, 4) is 5.75 Å². The van der Waals surface area contributed by atoms with Gasteiger partial charge in [-0.2, -0.15) is 0 Å². The number of aryl methyl sites for hydroxylation is 1. The van der Waals surface area contributed by atoms with Crippen LogP contribution in [0.4, 0.5) is 0 Å². The Morgan fingerprint density at radius 2 is 2.00 bits per heavy atom. The number of rotatable bonds is 8. The van der Waals surface area contributed by atoms with Crippen LogP contribution in [0.25, 0.3) is 0 Å². The summed E-state index contributed by atoms with van der Waals surface area (Å²) in [6, 6.07) is 12.1. The highest BCUT2D eigenvalue weighted by atomic mass is 32.1. The number of ether oxygens (including phenoxy) is 1. The fourth-order valence-electron chi connectivity index (χ4n) is 2.11. The molecule has 2 aromatic rings. The van der Waals surface area contributed by atoms with Crippen molar-refractivity contribution in [3.63, 3.8) is 0 Å². The third-order valence-corrected chi connectivity index (χ3v) is 4.20. The highest BCUT2D eigenvalue weighted by Crippen LogP contribution is 2.13. The van der Waals surface area contributed by atoms with Gasteiger partial charge in [0.15, 0.2) is 0 Å². The van der Waals surface area contributed by atoms with E-state index in [4.69, 9.17) is 4.74 Å². The Morgan fingerprint density at radius 1 is 1.24 bits per heavy atom. The molecule has 0 radical (unpaired) electrons. The maximum Gasteiger partial charge on any atom is 0.119 e. The molecule has 21 heavy (non-hydrogen) atoms. The minimum atomic E-state index is -0.480. The molecule has 0 spiro atoms. The van der Waals surface area contributed by atoms with E-state index in [1.807, 2.05) is 31.2 Å². The summed E-state index contributed by atoms with van der Waals surface area (Å²) in [5.74, 6) is 0.806. The first-order chi connectivity index (χ1) is 10.2. The number of benzene rings is 1. The zero-order valence-corrected chi connectivity index (χ0v) is 13.5. The van der Waals surface area contributed by atoms with E-state index in [1.165, 1.54) is 10.4 Å². The summed E-state index contributed by atoms with van der Waals surface area (Å²) in [5.41, 5.74) is 1.20. The second-order valence-corrected chi connectivity index (χ2v) is 6.22. The molecule has 0 saturated heterocycles. The first kappa shape index (κ1) is 16.0. The molecule has 3 nitrogen and oxygen atoms in total. The number of hydrogen-bond acceptors (Lipinski definition) is 4. The molecule has 1 heterocycles. The van der Waals surface area contributed by atoms with Crippen LogP contribution < -0.4 is 4.74 Å². The van der Waals surface area contributed by atoms with Gasteiger partial charge in [-0.1, -0.05) is 30.7 Å². The Kier molecular flexibility index (Phi) is 6.23. The second-order valence-electron chi connectivity index (χ2n) is 5.18. The molecule has 0 amide bonds. The van der Waals surface area contributed by atoms with Crippen molar-refractivity contribution in [3.05, 3.63) is 52.2 Å². The Morgan fingerprint density at radius 3 is 2.62 bits per heavy atom. The molecular formula is C17H23NO2S. The number of nitrogens with zero attached hydrogens (tertiary/aromatic N) is 1. The number of aliphatic hydroxyl groups excluding tert-OH is 1. The molecule has 0 saturated carbocycles. The monoisotopic (exact) mass is 305 g/mol. The van der Waals surface area contributed by atoms with E-state index in [0.717, 1.165) is 18.8 Å². The molecule has 1 N–H and O–H groups in total. The van der Waals surface area contributed by atoms with Crippen molar-refractivity contribution in [2.45, 2.75) is 26.5 Å². The maximum atomic E-state index is 10.1. The van der Waals surface area contributed by atoms with Crippen molar-refractivity contribution in [1.82, 2.24) is 4.90 Å². The molecule has 1 atom stereocenters. The molecule has 114 valence electrons. The van der Waals surface area contributed by atoms with Crippen LogP contribution >= 0.6 is 11.3 Å². The SMILES string of the molecule is CCN(Cc1cccs1)CC(O)COc1ccc(C)cc1. The first-order valence-electron chi connectivity index (χ1n) is 7.29. The van der Waals surface area contributed by atoms with Gasteiger partial charge in [0.25, 0.3) is 0 Å². The summed E-state index contributed by atoms with van der Waals surface area (Å²) in [6.45, 7) is 6.91. The van der Waals surface area contributed by atoms with Crippen LogP contribution in [0.3, 0.4) is 0 Å². The molecule has 4 heteroatoms. The molecule has 0 aliphatic heterocycles. The normalized spacial score (nSPS) is 12.6. The van der Waals surface area contributed by atoms with Crippen molar-refractivity contribution >= 4 is 11.3 Å². The Bertz CT molecular complexity index is 510. The van der Waals surface area contributed by atoms with Gasteiger partial charge in [-0.3, -0.25) is 4.90 Å². The molecule has 0 fully saturated rings. The summed E-state index contributed by atoms with van der Waals surface area (Å²) >= 11 is 1.75. The molecule has 1 unspecified atom stereocenters. The van der Waals surface area contributed by atoms with E-state index in [9.17, 15) is 5.11 Å². The van der Waals surface area contributed by atoms with Gasteiger partial charge >= 0.3 is 0 Å². The zero-order chi connectivity index (χ0) is 15.1. The minimum Gasteiger partial charge on any atom is -0.491 e. The smallest absolute Gasteiger partial charge is 0.119 e. The van der Waals surface area contributed by atoms with Crippen molar-refractivity contribution in [2.24, 2.45) is 0 Å². The van der Waals surface area contributed by atoms with Gasteiger partial charge < -0.3 is 9.84 Å². The molecule has 0 aliphatic rings.